The van der Waals surface area contributed by atoms with Gasteiger partial charge in [0.1, 0.15) is 0 Å². The number of hydrogen-bond donors (Lipinski definition) is 1. The largest absolute Gasteiger partial charge is 0.384 e. The first-order valence-corrected chi connectivity index (χ1v) is 17.1. The van der Waals surface area contributed by atoms with Crippen molar-refractivity contribution < 1.29 is 0 Å². The summed E-state index contributed by atoms with van der Waals surface area (Å²) < 4.78 is 0. The Morgan fingerprint density at radius 1 is 0.660 bits per heavy atom. The van der Waals surface area contributed by atoms with Crippen LogP contribution >= 0.6 is 0 Å². The van der Waals surface area contributed by atoms with Gasteiger partial charge in [-0.1, -0.05) is 130 Å². The van der Waals surface area contributed by atoms with E-state index in [9.17, 15) is 0 Å². The second kappa shape index (κ2) is 12.4. The second-order valence-corrected chi connectivity index (χ2v) is 13.5. The molecule has 0 unspecified atom stereocenters. The number of allylic oxidation sites excluding steroid dienone is 7. The van der Waals surface area contributed by atoms with Gasteiger partial charge in [0.15, 0.2) is 17.5 Å². The van der Waals surface area contributed by atoms with Crippen molar-refractivity contribution in [3.63, 3.8) is 0 Å². The van der Waals surface area contributed by atoms with Crippen molar-refractivity contribution in [3.8, 4) is 45.3 Å². The Labute approximate surface area is 294 Å². The topological polar surface area (TPSA) is 50.7 Å². The fourth-order valence-corrected chi connectivity index (χ4v) is 7.16. The number of dihydropyridines is 1. The smallest absolute Gasteiger partial charge is 0.164 e. The molecule has 1 aliphatic heterocycles. The molecule has 8 rings (SSSR count). The lowest BCUT2D eigenvalue weighted by Gasteiger charge is -2.23. The normalized spacial score (nSPS) is 15.7. The third-order valence-corrected chi connectivity index (χ3v) is 10.0. The molecule has 0 amide bonds. The lowest BCUT2D eigenvalue weighted by Crippen LogP contribution is -2.17. The van der Waals surface area contributed by atoms with Crippen LogP contribution in [-0.4, -0.2) is 21.5 Å². The zero-order valence-corrected chi connectivity index (χ0v) is 28.7. The molecular weight excluding hydrogens is 609 g/mol. The van der Waals surface area contributed by atoms with Crippen LogP contribution in [0.25, 0.3) is 67.2 Å². The Hall–Kier alpha value is -6.13. The van der Waals surface area contributed by atoms with Crippen molar-refractivity contribution in [2.75, 3.05) is 6.54 Å². The molecule has 2 heterocycles. The molecule has 2 aliphatic rings. The van der Waals surface area contributed by atoms with E-state index >= 15 is 0 Å². The molecule has 0 bridgehead atoms. The van der Waals surface area contributed by atoms with Gasteiger partial charge in [-0.2, -0.15) is 0 Å². The fraction of sp³-hybridized carbons (Fsp3) is 0.109. The number of benzene rings is 5. The zero-order chi connectivity index (χ0) is 34.4. The van der Waals surface area contributed by atoms with Gasteiger partial charge in [-0.15, -0.1) is 0 Å². The third kappa shape index (κ3) is 5.39. The first kappa shape index (κ1) is 31.2. The minimum Gasteiger partial charge on any atom is -0.384 e. The highest BCUT2D eigenvalue weighted by Crippen LogP contribution is 2.53. The van der Waals surface area contributed by atoms with E-state index in [0.717, 1.165) is 51.2 Å². The molecule has 1 N–H and O–H groups in total. The maximum absolute atomic E-state index is 5.12. The number of nitrogens with zero attached hydrogens (tertiary/aromatic N) is 3. The maximum Gasteiger partial charge on any atom is 0.164 e. The fourth-order valence-electron chi connectivity index (χ4n) is 7.16. The monoisotopic (exact) mass is 646 g/mol. The Balaban J connectivity index is 1.41. The summed E-state index contributed by atoms with van der Waals surface area (Å²) in [5, 5.41) is 5.93. The molecule has 0 radical (unpaired) electrons. The molecule has 0 spiro atoms. The molecule has 5 aromatic carbocycles. The van der Waals surface area contributed by atoms with Crippen molar-refractivity contribution in [1.82, 2.24) is 20.3 Å². The molecule has 4 nitrogen and oxygen atoms in total. The quantitative estimate of drug-likeness (QED) is 0.196. The van der Waals surface area contributed by atoms with Gasteiger partial charge < -0.3 is 5.32 Å². The van der Waals surface area contributed by atoms with E-state index in [0.29, 0.717) is 17.5 Å². The van der Waals surface area contributed by atoms with Gasteiger partial charge in [-0.3, -0.25) is 0 Å². The molecule has 1 aliphatic carbocycles. The molecule has 0 atom stereocenters. The summed E-state index contributed by atoms with van der Waals surface area (Å²) in [4.78, 5) is 15.2. The molecule has 50 heavy (non-hydrogen) atoms. The van der Waals surface area contributed by atoms with Crippen LogP contribution in [0.15, 0.2) is 158 Å². The average molecular weight is 647 g/mol. The van der Waals surface area contributed by atoms with Crippen LogP contribution in [0.4, 0.5) is 0 Å². The average Bonchev–Trinajstić information content (AvgIpc) is 3.35. The molecule has 242 valence electrons. The summed E-state index contributed by atoms with van der Waals surface area (Å²) in [5.41, 5.74) is 13.1. The van der Waals surface area contributed by atoms with Crippen molar-refractivity contribution in [2.24, 2.45) is 0 Å². The molecule has 0 fully saturated rings. The lowest BCUT2D eigenvalue weighted by atomic mass is 9.81. The van der Waals surface area contributed by atoms with Crippen LogP contribution in [0.3, 0.4) is 0 Å². The van der Waals surface area contributed by atoms with Crippen molar-refractivity contribution in [3.05, 3.63) is 175 Å². The summed E-state index contributed by atoms with van der Waals surface area (Å²) in [7, 11) is 0. The maximum atomic E-state index is 5.12. The Bertz CT molecular complexity index is 2370. The summed E-state index contributed by atoms with van der Waals surface area (Å²) in [5.74, 6) is 1.92. The number of rotatable bonds is 6. The molecule has 1 aromatic heterocycles. The van der Waals surface area contributed by atoms with E-state index < -0.39 is 0 Å². The molecule has 6 aromatic rings. The highest BCUT2D eigenvalue weighted by atomic mass is 15.0. The molecule has 0 saturated carbocycles. The number of fused-ring (bicyclic) bond motifs is 3. The van der Waals surface area contributed by atoms with Crippen LogP contribution in [-0.2, 0) is 5.41 Å². The Kier molecular flexibility index (Phi) is 7.72. The van der Waals surface area contributed by atoms with E-state index in [1.165, 1.54) is 33.0 Å². The van der Waals surface area contributed by atoms with Gasteiger partial charge in [0.25, 0.3) is 0 Å². The van der Waals surface area contributed by atoms with Crippen LogP contribution < -0.4 is 5.32 Å². The van der Waals surface area contributed by atoms with E-state index in [2.05, 4.69) is 106 Å². The first-order valence-electron chi connectivity index (χ1n) is 17.1. The minimum absolute atomic E-state index is 0.245. The van der Waals surface area contributed by atoms with Gasteiger partial charge >= 0.3 is 0 Å². The molecular formula is C46H38N4. The van der Waals surface area contributed by atoms with Crippen molar-refractivity contribution in [2.45, 2.75) is 26.2 Å². The molecule has 4 heteroatoms. The van der Waals surface area contributed by atoms with Crippen LogP contribution in [0.5, 0.6) is 0 Å². The van der Waals surface area contributed by atoms with E-state index in [-0.39, 0.29) is 5.41 Å². The standard InChI is InChI=1S/C46H38N4/c1-6-15-37-30(3)46(4,5)41-27-40(38-20-13-14-21-39(38)42(37)41)35-24-34(33-23-22-29(2)47-28-33)25-36(26-35)45-49-43(31-16-9-7-10-17-31)48-44(50-45)32-18-11-8-12-19-32/h6-27,47H,1,3,28H2,2,4-5H3/b37-15+. The van der Waals surface area contributed by atoms with Gasteiger partial charge in [0, 0.05) is 34.3 Å². The van der Waals surface area contributed by atoms with E-state index in [1.807, 2.05) is 66.7 Å². The highest BCUT2D eigenvalue weighted by molar-refractivity contribution is 6.09. The van der Waals surface area contributed by atoms with Gasteiger partial charge in [-0.25, -0.2) is 15.0 Å². The second-order valence-electron chi connectivity index (χ2n) is 13.5. The van der Waals surface area contributed by atoms with Gasteiger partial charge in [-0.05, 0) is 92.6 Å². The predicted molar refractivity (Wildman–Crippen MR) is 209 cm³/mol. The lowest BCUT2D eigenvalue weighted by molar-refractivity contribution is 0.664. The van der Waals surface area contributed by atoms with E-state index in [1.54, 1.807) is 0 Å². The van der Waals surface area contributed by atoms with Crippen molar-refractivity contribution >= 4 is 21.9 Å². The summed E-state index contributed by atoms with van der Waals surface area (Å²) in [6.45, 7) is 16.0. The van der Waals surface area contributed by atoms with Crippen LogP contribution in [0.2, 0.25) is 0 Å². The van der Waals surface area contributed by atoms with Crippen LogP contribution in [0, 0.1) is 0 Å². The highest BCUT2D eigenvalue weighted by Gasteiger charge is 2.38. The zero-order valence-electron chi connectivity index (χ0n) is 28.7. The minimum atomic E-state index is -0.245. The summed E-state index contributed by atoms with van der Waals surface area (Å²) >= 11 is 0. The van der Waals surface area contributed by atoms with Gasteiger partial charge in [0.05, 0.1) is 0 Å². The third-order valence-electron chi connectivity index (χ3n) is 10.0. The number of nitrogens with one attached hydrogen (secondary N) is 1. The van der Waals surface area contributed by atoms with Crippen molar-refractivity contribution in [1.29, 1.82) is 0 Å². The molecule has 0 saturated heterocycles. The number of hydrogen-bond acceptors (Lipinski definition) is 4. The van der Waals surface area contributed by atoms with Gasteiger partial charge in [0.2, 0.25) is 0 Å². The van der Waals surface area contributed by atoms with Crippen LogP contribution in [0.1, 0.15) is 37.5 Å². The first-order chi connectivity index (χ1) is 24.3. The Morgan fingerprint density at radius 3 is 1.82 bits per heavy atom. The predicted octanol–water partition coefficient (Wildman–Crippen LogP) is 11.0. The summed E-state index contributed by atoms with van der Waals surface area (Å²) in [6.07, 6.45) is 8.33. The Morgan fingerprint density at radius 2 is 1.22 bits per heavy atom. The van der Waals surface area contributed by atoms with E-state index in [4.69, 9.17) is 15.0 Å². The number of aromatic nitrogens is 3. The summed E-state index contributed by atoms with van der Waals surface area (Å²) in [6, 6.07) is 38.1. The SMILES string of the molecule is C=C/C=C1\C(=C)C(C)(C)c2cc(-c3cc(C4=CC=C(C)NC4)cc(-c4nc(-c5ccccc5)nc(-c5ccccc5)n4)c3)c3ccccc3c21.